The molecule has 1 aliphatic rings. The number of carbonyl (C=O) groups excluding carboxylic acids is 1. The fourth-order valence-corrected chi connectivity index (χ4v) is 5.83. The number of benzene rings is 2. The largest absolute Gasteiger partial charge is 0.416 e. The minimum absolute atomic E-state index is 0.0804. The molecule has 12 heteroatoms. The van der Waals surface area contributed by atoms with Gasteiger partial charge in [-0.3, -0.25) is 18.8 Å². The van der Waals surface area contributed by atoms with E-state index in [1.54, 1.807) is 30.6 Å². The van der Waals surface area contributed by atoms with E-state index in [0.29, 0.717) is 30.0 Å². The molecule has 0 unspecified atom stereocenters. The van der Waals surface area contributed by atoms with Crippen LogP contribution in [0.1, 0.15) is 65.1 Å². The molecule has 4 heterocycles. The molecule has 254 valence electrons. The van der Waals surface area contributed by atoms with Gasteiger partial charge in [-0.1, -0.05) is 25.0 Å². The first-order chi connectivity index (χ1) is 23.5. The van der Waals surface area contributed by atoms with E-state index in [0.717, 1.165) is 42.6 Å². The van der Waals surface area contributed by atoms with Gasteiger partial charge in [-0.15, -0.1) is 0 Å². The summed E-state index contributed by atoms with van der Waals surface area (Å²) >= 11 is 0. The van der Waals surface area contributed by atoms with Crippen LogP contribution < -0.4 is 10.6 Å². The van der Waals surface area contributed by atoms with Crippen molar-refractivity contribution in [3.63, 3.8) is 0 Å². The number of hydrogen-bond acceptors (Lipinski definition) is 6. The summed E-state index contributed by atoms with van der Waals surface area (Å²) in [6.45, 7) is 12.3. The number of nitrogens with one attached hydrogen (secondary N) is 2. The Morgan fingerprint density at radius 2 is 1.76 bits per heavy atom. The Morgan fingerprint density at radius 1 is 0.980 bits per heavy atom. The predicted octanol–water partition coefficient (Wildman–Crippen LogP) is 6.97. The highest BCUT2D eigenvalue weighted by atomic mass is 19.4. The van der Waals surface area contributed by atoms with Crippen molar-refractivity contribution in [2.45, 2.75) is 46.5 Å². The zero-order valence-corrected chi connectivity index (χ0v) is 28.0. The summed E-state index contributed by atoms with van der Waals surface area (Å²) in [6, 6.07) is 13.1. The van der Waals surface area contributed by atoms with Crippen LogP contribution in [0.25, 0.3) is 5.65 Å². The minimum Gasteiger partial charge on any atom is -0.350 e. The van der Waals surface area contributed by atoms with E-state index in [9.17, 15) is 18.0 Å². The second-order valence-electron chi connectivity index (χ2n) is 12.5. The number of alkyl halides is 3. The molecular formula is C37H39F3N8O. The Kier molecular flexibility index (Phi) is 9.76. The first-order valence-corrected chi connectivity index (χ1v) is 16.3. The van der Waals surface area contributed by atoms with E-state index in [1.165, 1.54) is 12.1 Å². The molecule has 6 rings (SSSR count). The third-order valence-corrected chi connectivity index (χ3v) is 8.75. The van der Waals surface area contributed by atoms with E-state index < -0.39 is 17.6 Å². The Morgan fingerprint density at radius 3 is 2.47 bits per heavy atom. The molecule has 3 aromatic heterocycles. The lowest BCUT2D eigenvalue weighted by atomic mass is 10.0. The van der Waals surface area contributed by atoms with Gasteiger partial charge in [-0.05, 0) is 80.8 Å². The van der Waals surface area contributed by atoms with Crippen molar-refractivity contribution in [2.75, 3.05) is 43.4 Å². The summed E-state index contributed by atoms with van der Waals surface area (Å²) in [5.41, 5.74) is 4.27. The number of fused-ring (bicyclic) bond motifs is 1. The summed E-state index contributed by atoms with van der Waals surface area (Å²) in [5.74, 6) is 5.79. The molecule has 1 aliphatic heterocycles. The van der Waals surface area contributed by atoms with E-state index in [-0.39, 0.29) is 29.4 Å². The molecule has 9 nitrogen and oxygen atoms in total. The number of amides is 1. The van der Waals surface area contributed by atoms with Crippen molar-refractivity contribution >= 4 is 28.6 Å². The van der Waals surface area contributed by atoms with Gasteiger partial charge < -0.3 is 15.5 Å². The fraction of sp³-hybridized carbons (Fsp3) is 0.324. The topological polar surface area (TPSA) is 82.7 Å². The predicted molar refractivity (Wildman–Crippen MR) is 185 cm³/mol. The van der Waals surface area contributed by atoms with Gasteiger partial charge in [0.1, 0.15) is 5.69 Å². The molecule has 1 amide bonds. The van der Waals surface area contributed by atoms with E-state index in [4.69, 9.17) is 0 Å². The number of carbonyl (C=O) groups is 1. The summed E-state index contributed by atoms with van der Waals surface area (Å²) in [7, 11) is 0. The normalized spacial score (nSPS) is 14.2. The van der Waals surface area contributed by atoms with E-state index in [2.05, 4.69) is 58.2 Å². The molecule has 0 aliphatic carbocycles. The molecule has 0 bridgehead atoms. The van der Waals surface area contributed by atoms with Crippen molar-refractivity contribution in [1.82, 2.24) is 29.0 Å². The molecule has 2 N–H and O–H groups in total. The molecule has 0 saturated carbocycles. The second kappa shape index (κ2) is 14.2. The maximum absolute atomic E-state index is 14.1. The maximum atomic E-state index is 14.1. The number of hydrogen-bond donors (Lipinski definition) is 2. The van der Waals surface area contributed by atoms with Gasteiger partial charge >= 0.3 is 6.18 Å². The van der Waals surface area contributed by atoms with Crippen LogP contribution in [0.5, 0.6) is 0 Å². The van der Waals surface area contributed by atoms with Crippen molar-refractivity contribution in [3.8, 4) is 11.8 Å². The molecule has 2 aromatic carbocycles. The molecule has 1 saturated heterocycles. The van der Waals surface area contributed by atoms with Gasteiger partial charge in [0, 0.05) is 68.0 Å². The van der Waals surface area contributed by atoms with E-state index in [1.807, 2.05) is 45.4 Å². The standard InChI is InChI=1S/C37H39F3N8O/c1-5-45-15-17-46(18-16-45)23-29-10-12-30(20-33(29)37(38,39)40)44-36(49)28-9-8-26(4)27(19-28)11-13-32-22-41-35-34(7-6-14-47(32)35)43-31-21-42-48(24-31)25(2)3/h6-10,12,14,19-22,24-25,43H,5,15-18,23H2,1-4H3,(H,44,49). The molecular weight excluding hydrogens is 629 g/mol. The number of pyridine rings is 1. The number of aryl methyl sites for hydroxylation is 1. The molecule has 5 aromatic rings. The molecule has 1 fully saturated rings. The minimum atomic E-state index is -4.56. The molecule has 0 spiro atoms. The first-order valence-electron chi connectivity index (χ1n) is 16.3. The van der Waals surface area contributed by atoms with Crippen molar-refractivity contribution < 1.29 is 18.0 Å². The number of piperazine rings is 1. The molecule has 0 atom stereocenters. The van der Waals surface area contributed by atoms with E-state index >= 15 is 0 Å². The fourth-order valence-electron chi connectivity index (χ4n) is 5.83. The Labute approximate surface area is 283 Å². The van der Waals surface area contributed by atoms with Gasteiger partial charge in [0.2, 0.25) is 0 Å². The Bertz CT molecular complexity index is 2030. The van der Waals surface area contributed by atoms with Gasteiger partial charge in [-0.25, -0.2) is 4.98 Å². The maximum Gasteiger partial charge on any atom is 0.416 e. The highest BCUT2D eigenvalue weighted by Gasteiger charge is 2.34. The zero-order chi connectivity index (χ0) is 34.7. The van der Waals surface area contributed by atoms with Crippen molar-refractivity contribution in [3.05, 3.63) is 107 Å². The number of anilines is 3. The smallest absolute Gasteiger partial charge is 0.350 e. The van der Waals surface area contributed by atoms with Gasteiger partial charge in [-0.2, -0.15) is 18.3 Å². The third kappa shape index (κ3) is 7.80. The first kappa shape index (κ1) is 33.8. The summed E-state index contributed by atoms with van der Waals surface area (Å²) < 4.78 is 46.2. The summed E-state index contributed by atoms with van der Waals surface area (Å²) in [4.78, 5) is 22.1. The van der Waals surface area contributed by atoms with Gasteiger partial charge in [0.25, 0.3) is 5.91 Å². The average molecular weight is 669 g/mol. The van der Waals surface area contributed by atoms with Crippen molar-refractivity contribution in [2.24, 2.45) is 0 Å². The van der Waals surface area contributed by atoms with Crippen LogP contribution in [-0.2, 0) is 12.7 Å². The number of nitrogens with zero attached hydrogens (tertiary/aromatic N) is 6. The second-order valence-corrected chi connectivity index (χ2v) is 12.5. The molecule has 0 radical (unpaired) electrons. The van der Waals surface area contributed by atoms with Crippen LogP contribution in [0.3, 0.4) is 0 Å². The van der Waals surface area contributed by atoms with Crippen LogP contribution in [-0.4, -0.2) is 67.6 Å². The van der Waals surface area contributed by atoms with Crippen LogP contribution in [0.2, 0.25) is 0 Å². The monoisotopic (exact) mass is 668 g/mol. The summed E-state index contributed by atoms with van der Waals surface area (Å²) in [6.07, 6.45) is 2.70. The lowest BCUT2D eigenvalue weighted by Gasteiger charge is -2.34. The summed E-state index contributed by atoms with van der Waals surface area (Å²) in [5, 5.41) is 10.4. The third-order valence-electron chi connectivity index (χ3n) is 8.75. The Balaban J connectivity index is 1.18. The van der Waals surface area contributed by atoms with Gasteiger partial charge in [0.15, 0.2) is 5.65 Å². The lowest BCUT2D eigenvalue weighted by molar-refractivity contribution is -0.138. The number of halogens is 3. The molecule has 49 heavy (non-hydrogen) atoms. The highest BCUT2D eigenvalue weighted by Crippen LogP contribution is 2.35. The SMILES string of the molecule is CCN1CCN(Cc2ccc(NC(=O)c3ccc(C)c(C#Cc4cnc5c(Nc6cnn(C(C)C)c6)cccn45)c3)cc2C(F)(F)F)CC1. The average Bonchev–Trinajstić information content (AvgIpc) is 3.73. The number of rotatable bonds is 8. The number of imidazole rings is 1. The Hall–Kier alpha value is -5.12. The lowest BCUT2D eigenvalue weighted by Crippen LogP contribution is -2.45. The highest BCUT2D eigenvalue weighted by molar-refractivity contribution is 6.04. The zero-order valence-electron chi connectivity index (χ0n) is 28.0. The van der Waals surface area contributed by atoms with Crippen LogP contribution in [0.15, 0.2) is 73.3 Å². The van der Waals surface area contributed by atoms with Crippen LogP contribution in [0.4, 0.5) is 30.2 Å². The number of aromatic nitrogens is 4. The van der Waals surface area contributed by atoms with Crippen molar-refractivity contribution in [1.29, 1.82) is 0 Å². The van der Waals surface area contributed by atoms with Crippen LogP contribution >= 0.6 is 0 Å². The number of likely N-dealkylation sites (N-methyl/N-ethyl adjacent to an activating group) is 1. The van der Waals surface area contributed by atoms with Gasteiger partial charge in [0.05, 0.1) is 29.3 Å². The van der Waals surface area contributed by atoms with Crippen LogP contribution in [0, 0.1) is 18.8 Å². The quantitative estimate of drug-likeness (QED) is 0.174.